The number of hydrogen-bond donors (Lipinski definition) is 3. The summed E-state index contributed by atoms with van der Waals surface area (Å²) < 4.78 is 6.05. The summed E-state index contributed by atoms with van der Waals surface area (Å²) in [5.41, 5.74) is 2.86. The van der Waals surface area contributed by atoms with E-state index in [9.17, 15) is 35.0 Å². The number of allylic oxidation sites excluding steroid dienone is 1. The summed E-state index contributed by atoms with van der Waals surface area (Å²) in [6.45, 7) is 1.57. The number of carbonyl (C=O) groups excluding carboxylic acids is 2. The highest BCUT2D eigenvalue weighted by atomic mass is 16.6. The topological polar surface area (TPSA) is 150 Å². The normalized spacial score (nSPS) is 20.7. The Kier molecular flexibility index (Phi) is 9.75. The van der Waals surface area contributed by atoms with Crippen molar-refractivity contribution in [2.45, 2.75) is 38.7 Å². The molecule has 3 aromatic rings. The Balaban J connectivity index is 1.46. The fourth-order valence-corrected chi connectivity index (χ4v) is 6.46. The highest BCUT2D eigenvalue weighted by Gasteiger charge is 2.55. The molecule has 1 fully saturated rings. The minimum absolute atomic E-state index is 0.0498. The molecule has 45 heavy (non-hydrogen) atoms. The first kappa shape index (κ1) is 31.6. The molecule has 234 valence electrons. The van der Waals surface area contributed by atoms with Crippen LogP contribution in [0.3, 0.4) is 0 Å². The van der Waals surface area contributed by atoms with Crippen LogP contribution in [0, 0.1) is 27.9 Å². The molecule has 3 aromatic carbocycles. The Morgan fingerprint density at radius 2 is 1.82 bits per heavy atom. The number of para-hydroxylation sites is 1. The van der Waals surface area contributed by atoms with Gasteiger partial charge in [0, 0.05) is 18.1 Å². The SMILES string of the molecule is CC/C(=C\c1cccc(O)c1)CC[C@@H](O)C1=C(COc2ccccc2)C[C@H]2C(=O)N(c3cccc([N+](=O)[O-])c3)C(=O)[C@H]2[C@H]1CO. The number of phenolic OH excluding ortho intramolecular Hbond substituents is 1. The van der Waals surface area contributed by atoms with Gasteiger partial charge >= 0.3 is 0 Å². The number of fused-ring (bicyclic) bond motifs is 1. The number of rotatable bonds is 12. The summed E-state index contributed by atoms with van der Waals surface area (Å²) in [5, 5.41) is 43.6. The van der Waals surface area contributed by atoms with E-state index in [4.69, 9.17) is 4.74 Å². The third kappa shape index (κ3) is 6.82. The minimum atomic E-state index is -1.04. The lowest BCUT2D eigenvalue weighted by molar-refractivity contribution is -0.384. The van der Waals surface area contributed by atoms with Crippen LogP contribution in [0.5, 0.6) is 11.5 Å². The van der Waals surface area contributed by atoms with Gasteiger partial charge in [-0.05, 0) is 72.7 Å². The molecule has 2 aliphatic rings. The molecule has 1 heterocycles. The van der Waals surface area contributed by atoms with Crippen LogP contribution < -0.4 is 9.64 Å². The van der Waals surface area contributed by atoms with Gasteiger partial charge in [-0.15, -0.1) is 0 Å². The Morgan fingerprint density at radius 1 is 1.07 bits per heavy atom. The number of aliphatic hydroxyl groups is 2. The number of hydrogen-bond acceptors (Lipinski definition) is 8. The molecule has 0 radical (unpaired) electrons. The molecule has 10 nitrogen and oxygen atoms in total. The number of carbonyl (C=O) groups is 2. The maximum Gasteiger partial charge on any atom is 0.271 e. The molecule has 0 aromatic heterocycles. The van der Waals surface area contributed by atoms with Crippen molar-refractivity contribution >= 4 is 29.3 Å². The van der Waals surface area contributed by atoms with Crippen molar-refractivity contribution in [3.63, 3.8) is 0 Å². The molecule has 0 bridgehead atoms. The van der Waals surface area contributed by atoms with Crippen LogP contribution in [0.2, 0.25) is 0 Å². The molecule has 5 rings (SSSR count). The first-order valence-electron chi connectivity index (χ1n) is 15.0. The van der Waals surface area contributed by atoms with Crippen LogP contribution in [-0.4, -0.2) is 51.4 Å². The van der Waals surface area contributed by atoms with Gasteiger partial charge in [-0.25, -0.2) is 4.90 Å². The molecule has 10 heteroatoms. The van der Waals surface area contributed by atoms with E-state index in [0.29, 0.717) is 36.2 Å². The van der Waals surface area contributed by atoms with Crippen molar-refractivity contribution in [2.24, 2.45) is 17.8 Å². The second kappa shape index (κ2) is 13.9. The molecule has 0 saturated carbocycles. The predicted molar refractivity (Wildman–Crippen MR) is 168 cm³/mol. The van der Waals surface area contributed by atoms with Crippen molar-refractivity contribution < 1.29 is 34.6 Å². The zero-order chi connectivity index (χ0) is 32.1. The summed E-state index contributed by atoms with van der Waals surface area (Å²) in [7, 11) is 0. The van der Waals surface area contributed by atoms with Crippen molar-refractivity contribution in [3.8, 4) is 11.5 Å². The Hall–Kier alpha value is -4.80. The second-order valence-electron chi connectivity index (χ2n) is 11.4. The Bertz CT molecular complexity index is 1630. The lowest BCUT2D eigenvalue weighted by atomic mass is 9.68. The van der Waals surface area contributed by atoms with E-state index in [0.717, 1.165) is 16.0 Å². The number of ether oxygens (including phenoxy) is 1. The Morgan fingerprint density at radius 3 is 2.51 bits per heavy atom. The van der Waals surface area contributed by atoms with Gasteiger partial charge in [0.15, 0.2) is 0 Å². The monoisotopic (exact) mass is 612 g/mol. The van der Waals surface area contributed by atoms with E-state index >= 15 is 0 Å². The van der Waals surface area contributed by atoms with E-state index < -0.39 is 47.2 Å². The van der Waals surface area contributed by atoms with Crippen LogP contribution >= 0.6 is 0 Å². The number of imide groups is 1. The summed E-state index contributed by atoms with van der Waals surface area (Å²) in [4.78, 5) is 39.4. The van der Waals surface area contributed by atoms with Gasteiger partial charge in [0.2, 0.25) is 11.8 Å². The molecule has 0 unspecified atom stereocenters. The zero-order valence-electron chi connectivity index (χ0n) is 24.9. The summed E-state index contributed by atoms with van der Waals surface area (Å²) in [6.07, 6.45) is 2.60. The second-order valence-corrected chi connectivity index (χ2v) is 11.4. The molecule has 0 spiro atoms. The molecule has 3 N–H and O–H groups in total. The molecular weight excluding hydrogens is 576 g/mol. The van der Waals surface area contributed by atoms with Crippen molar-refractivity contribution in [3.05, 3.63) is 111 Å². The first-order valence-corrected chi connectivity index (χ1v) is 15.0. The van der Waals surface area contributed by atoms with E-state index in [1.165, 1.54) is 24.3 Å². The van der Waals surface area contributed by atoms with E-state index in [1.807, 2.05) is 37.3 Å². The number of nitro groups is 1. The lowest BCUT2D eigenvalue weighted by Crippen LogP contribution is -2.40. The van der Waals surface area contributed by atoms with Gasteiger partial charge in [0.25, 0.3) is 5.69 Å². The van der Waals surface area contributed by atoms with Gasteiger partial charge in [-0.2, -0.15) is 0 Å². The van der Waals surface area contributed by atoms with Gasteiger partial charge in [-0.1, -0.05) is 55.0 Å². The van der Waals surface area contributed by atoms with Gasteiger partial charge in [0.05, 0.1) is 35.2 Å². The largest absolute Gasteiger partial charge is 0.508 e. The molecule has 1 aliphatic heterocycles. The number of non-ortho nitro benzene ring substituents is 1. The van der Waals surface area contributed by atoms with Crippen LogP contribution in [0.25, 0.3) is 6.08 Å². The van der Waals surface area contributed by atoms with E-state index in [2.05, 4.69) is 0 Å². The predicted octanol–water partition coefficient (Wildman–Crippen LogP) is 5.43. The third-order valence-electron chi connectivity index (χ3n) is 8.63. The average molecular weight is 613 g/mol. The van der Waals surface area contributed by atoms with Gasteiger partial charge < -0.3 is 20.1 Å². The quantitative estimate of drug-likeness (QED) is 0.106. The number of aromatic hydroxyl groups is 1. The Labute approximate surface area is 261 Å². The first-order chi connectivity index (χ1) is 21.7. The van der Waals surface area contributed by atoms with Crippen LogP contribution in [0.4, 0.5) is 11.4 Å². The molecule has 1 saturated heterocycles. The summed E-state index contributed by atoms with van der Waals surface area (Å²) >= 11 is 0. The molecule has 4 atom stereocenters. The highest BCUT2D eigenvalue weighted by molar-refractivity contribution is 6.22. The summed E-state index contributed by atoms with van der Waals surface area (Å²) in [5.74, 6) is -2.93. The van der Waals surface area contributed by atoms with Crippen molar-refractivity contribution in [1.82, 2.24) is 0 Å². The van der Waals surface area contributed by atoms with E-state index in [1.54, 1.807) is 30.3 Å². The number of phenols is 1. The van der Waals surface area contributed by atoms with Crippen LogP contribution in [0.15, 0.2) is 95.6 Å². The number of amides is 2. The fourth-order valence-electron chi connectivity index (χ4n) is 6.46. The van der Waals surface area contributed by atoms with E-state index in [-0.39, 0.29) is 30.2 Å². The van der Waals surface area contributed by atoms with Gasteiger partial charge in [0.1, 0.15) is 18.1 Å². The van der Waals surface area contributed by atoms with Crippen molar-refractivity contribution in [2.75, 3.05) is 18.1 Å². The smallest absolute Gasteiger partial charge is 0.271 e. The fraction of sp³-hybridized carbons (Fsp3) is 0.314. The maximum atomic E-state index is 13.9. The standard InChI is InChI=1S/C35H36N2O8/c1-2-22(16-23-8-6-11-27(39)17-23)14-15-31(40)32-24(21-45-28-12-4-3-5-13-28)18-29-33(30(32)20-38)35(42)36(34(29)41)25-9-7-10-26(19-25)37(43)44/h3-13,16-17,19,29-31,33,38-40H,2,14-15,18,20-21H2,1H3/b22-16+/t29-,30+,31-,33-/m1/s1. The van der Waals surface area contributed by atoms with Gasteiger partial charge in [-0.3, -0.25) is 19.7 Å². The number of benzene rings is 3. The molecular formula is C35H36N2O8. The molecule has 1 aliphatic carbocycles. The summed E-state index contributed by atoms with van der Waals surface area (Å²) in [6, 6.07) is 21.4. The average Bonchev–Trinajstić information content (AvgIpc) is 3.30. The third-order valence-corrected chi connectivity index (χ3v) is 8.63. The minimum Gasteiger partial charge on any atom is -0.508 e. The van der Waals surface area contributed by atoms with Crippen LogP contribution in [-0.2, 0) is 9.59 Å². The lowest BCUT2D eigenvalue weighted by Gasteiger charge is -2.36. The molecule has 2 amide bonds. The zero-order valence-corrected chi connectivity index (χ0v) is 24.9. The van der Waals surface area contributed by atoms with Crippen molar-refractivity contribution in [1.29, 1.82) is 0 Å². The van der Waals surface area contributed by atoms with Crippen LogP contribution in [0.1, 0.15) is 38.2 Å². The number of nitro benzene ring substituents is 1. The number of nitrogens with zero attached hydrogens (tertiary/aromatic N) is 2. The maximum absolute atomic E-state index is 13.9. The highest BCUT2D eigenvalue weighted by Crippen LogP contribution is 2.47. The number of aliphatic hydroxyl groups excluding tert-OH is 2. The number of anilines is 1.